The molecule has 0 amide bonds. The Morgan fingerprint density at radius 3 is 1.07 bits per heavy atom. The zero-order valence-electron chi connectivity index (χ0n) is 14.0. The van der Waals surface area contributed by atoms with Crippen molar-refractivity contribution in [2.45, 2.75) is 0 Å². The van der Waals surface area contributed by atoms with Crippen molar-refractivity contribution in [1.29, 1.82) is 0 Å². The second-order valence-electron chi connectivity index (χ2n) is 5.45. The molecule has 3 rings (SSSR count). The van der Waals surface area contributed by atoms with E-state index in [4.69, 9.17) is 83.2 Å². The Kier molecular flexibility index (Phi) is 7.40. The van der Waals surface area contributed by atoms with Gasteiger partial charge in [0.1, 0.15) is 0 Å². The van der Waals surface area contributed by atoms with Crippen LogP contribution in [0.2, 0.25) is 30.1 Å². The highest BCUT2D eigenvalue weighted by atomic mass is 35.5. The van der Waals surface area contributed by atoms with E-state index in [1.807, 2.05) is 0 Å². The summed E-state index contributed by atoms with van der Waals surface area (Å²) in [5.74, 6) is -0.128. The van der Waals surface area contributed by atoms with E-state index < -0.39 is 7.82 Å². The van der Waals surface area contributed by atoms with Crippen LogP contribution in [0.25, 0.3) is 0 Å². The normalized spacial score (nSPS) is 11.2. The monoisotopic (exact) mass is 530 g/mol. The van der Waals surface area contributed by atoms with E-state index in [-0.39, 0.29) is 47.4 Å². The number of hydrogen-bond donors (Lipinski definition) is 0. The Labute approximate surface area is 196 Å². The maximum absolute atomic E-state index is 13.5. The number of hydrogen-bond acceptors (Lipinski definition) is 4. The van der Waals surface area contributed by atoms with Gasteiger partial charge in [-0.25, -0.2) is 0 Å². The predicted octanol–water partition coefficient (Wildman–Crippen LogP) is 9.25. The molecule has 0 aliphatic heterocycles. The minimum Gasteiger partial charge on any atom is -0.384 e. The van der Waals surface area contributed by atoms with Gasteiger partial charge >= 0.3 is 7.82 Å². The molecule has 0 radical (unpaired) electrons. The van der Waals surface area contributed by atoms with Crippen molar-refractivity contribution in [3.8, 4) is 17.2 Å². The fourth-order valence-electron chi connectivity index (χ4n) is 2.06. The fourth-order valence-corrected chi connectivity index (χ4v) is 4.46. The Morgan fingerprint density at radius 1 is 0.517 bits per heavy atom. The number of phosphoric acid groups is 1. The van der Waals surface area contributed by atoms with E-state index in [9.17, 15) is 4.57 Å². The van der Waals surface area contributed by atoms with E-state index in [0.717, 1.165) is 0 Å². The zero-order valence-corrected chi connectivity index (χ0v) is 19.5. The maximum Gasteiger partial charge on any atom is 0.647 e. The molecule has 0 atom stereocenters. The van der Waals surface area contributed by atoms with Gasteiger partial charge in [0, 0.05) is 33.3 Å². The summed E-state index contributed by atoms with van der Waals surface area (Å²) in [4.78, 5) is 0. The summed E-state index contributed by atoms with van der Waals surface area (Å²) >= 11 is 36.2. The van der Waals surface area contributed by atoms with Gasteiger partial charge < -0.3 is 13.6 Å². The van der Waals surface area contributed by atoms with Gasteiger partial charge in [-0.3, -0.25) is 0 Å². The summed E-state index contributed by atoms with van der Waals surface area (Å²) in [7, 11) is -4.45. The van der Waals surface area contributed by atoms with Crippen LogP contribution in [0.3, 0.4) is 0 Å². The molecule has 0 bridgehead atoms. The molecule has 0 unspecified atom stereocenters. The third-order valence-electron chi connectivity index (χ3n) is 3.31. The smallest absolute Gasteiger partial charge is 0.384 e. The minimum atomic E-state index is -4.45. The Balaban J connectivity index is 2.04. The topological polar surface area (TPSA) is 44.8 Å². The molecule has 0 spiro atoms. The molecule has 29 heavy (non-hydrogen) atoms. The molecule has 0 heterocycles. The standard InChI is InChI=1S/C18H9Cl6O4P/c19-10-1-4-13(22)16(7-10)26-29(25,27-17-8-11(20)2-5-14(17)23)28-18-9-12(21)3-6-15(18)24/h1-9H. The van der Waals surface area contributed by atoms with Crippen molar-refractivity contribution < 1.29 is 18.1 Å². The molecule has 0 N–H and O–H groups in total. The number of benzene rings is 3. The summed E-state index contributed by atoms with van der Waals surface area (Å²) in [6.07, 6.45) is 0. The third kappa shape index (κ3) is 6.02. The van der Waals surface area contributed by atoms with Gasteiger partial charge in [0.2, 0.25) is 0 Å². The first-order valence-corrected chi connectivity index (χ1v) is 11.4. The lowest BCUT2D eigenvalue weighted by Gasteiger charge is -2.21. The van der Waals surface area contributed by atoms with Gasteiger partial charge in [-0.15, -0.1) is 0 Å². The quantitative estimate of drug-likeness (QED) is 0.297. The van der Waals surface area contributed by atoms with Crippen LogP contribution in [0.15, 0.2) is 54.6 Å². The largest absolute Gasteiger partial charge is 0.647 e. The van der Waals surface area contributed by atoms with Crippen LogP contribution in [0.5, 0.6) is 17.2 Å². The van der Waals surface area contributed by atoms with E-state index in [1.54, 1.807) is 0 Å². The van der Waals surface area contributed by atoms with Gasteiger partial charge in [0.05, 0.1) is 15.1 Å². The van der Waals surface area contributed by atoms with Gasteiger partial charge in [-0.05, 0) is 36.4 Å². The van der Waals surface area contributed by atoms with Crippen LogP contribution in [0.1, 0.15) is 0 Å². The molecule has 152 valence electrons. The molecule has 0 saturated carbocycles. The van der Waals surface area contributed by atoms with Crippen molar-refractivity contribution in [2.24, 2.45) is 0 Å². The Morgan fingerprint density at radius 2 is 0.793 bits per heavy atom. The third-order valence-corrected chi connectivity index (χ3v) is 6.21. The summed E-state index contributed by atoms with van der Waals surface area (Å²) in [5, 5.41) is 1.23. The number of halogens is 6. The summed E-state index contributed by atoms with van der Waals surface area (Å²) in [6, 6.07) is 13.0. The van der Waals surface area contributed by atoms with Crippen LogP contribution in [-0.4, -0.2) is 0 Å². The molecule has 3 aromatic carbocycles. The fraction of sp³-hybridized carbons (Fsp3) is 0. The molecule has 0 aliphatic rings. The Bertz CT molecular complexity index is 971. The lowest BCUT2D eigenvalue weighted by molar-refractivity contribution is 0.298. The van der Waals surface area contributed by atoms with Crippen LogP contribution in [0, 0.1) is 0 Å². The van der Waals surface area contributed by atoms with Crippen molar-refractivity contribution in [2.75, 3.05) is 0 Å². The van der Waals surface area contributed by atoms with Crippen molar-refractivity contribution in [1.82, 2.24) is 0 Å². The van der Waals surface area contributed by atoms with E-state index in [0.29, 0.717) is 0 Å². The van der Waals surface area contributed by atoms with Gasteiger partial charge in [0.15, 0.2) is 17.2 Å². The molecule has 0 saturated heterocycles. The average molecular weight is 533 g/mol. The van der Waals surface area contributed by atoms with E-state index in [2.05, 4.69) is 0 Å². The first kappa shape index (κ1) is 22.7. The average Bonchev–Trinajstić information content (AvgIpc) is 2.64. The van der Waals surface area contributed by atoms with E-state index in [1.165, 1.54) is 54.6 Å². The molecule has 3 aromatic rings. The lowest BCUT2D eigenvalue weighted by Crippen LogP contribution is -2.08. The summed E-state index contributed by atoms with van der Waals surface area (Å²) in [5.41, 5.74) is 0. The molecule has 0 aromatic heterocycles. The molecule has 4 nitrogen and oxygen atoms in total. The first-order valence-electron chi connectivity index (χ1n) is 7.69. The van der Waals surface area contributed by atoms with Crippen molar-refractivity contribution in [3.05, 3.63) is 84.7 Å². The maximum atomic E-state index is 13.5. The molecule has 0 fully saturated rings. The Hall–Kier alpha value is -0.970. The highest BCUT2D eigenvalue weighted by Crippen LogP contribution is 2.53. The van der Waals surface area contributed by atoms with Crippen LogP contribution in [0.4, 0.5) is 0 Å². The predicted molar refractivity (Wildman–Crippen MR) is 119 cm³/mol. The van der Waals surface area contributed by atoms with E-state index >= 15 is 0 Å². The molecular weight excluding hydrogens is 524 g/mol. The minimum absolute atomic E-state index is 0.0428. The SMILES string of the molecule is O=P(Oc1cc(Cl)ccc1Cl)(Oc1cc(Cl)ccc1Cl)Oc1cc(Cl)ccc1Cl. The second kappa shape index (κ2) is 9.45. The molecule has 11 heteroatoms. The highest BCUT2D eigenvalue weighted by Gasteiger charge is 2.35. The summed E-state index contributed by atoms with van der Waals surface area (Å²) in [6.45, 7) is 0. The van der Waals surface area contributed by atoms with Crippen molar-refractivity contribution in [3.63, 3.8) is 0 Å². The van der Waals surface area contributed by atoms with Crippen LogP contribution >= 0.6 is 77.4 Å². The zero-order chi connectivity index (χ0) is 21.2. The molecular formula is C18H9Cl6O4P. The van der Waals surface area contributed by atoms with Crippen LogP contribution < -0.4 is 13.6 Å². The van der Waals surface area contributed by atoms with Crippen LogP contribution in [-0.2, 0) is 4.57 Å². The number of phosphoric ester groups is 1. The second-order valence-corrected chi connectivity index (χ2v) is 9.42. The van der Waals surface area contributed by atoms with Crippen molar-refractivity contribution >= 4 is 77.4 Å². The molecule has 0 aliphatic carbocycles. The highest BCUT2D eigenvalue weighted by molar-refractivity contribution is 7.49. The van der Waals surface area contributed by atoms with Gasteiger partial charge in [0.25, 0.3) is 0 Å². The first-order chi connectivity index (χ1) is 13.6. The van der Waals surface area contributed by atoms with Gasteiger partial charge in [-0.2, -0.15) is 4.57 Å². The summed E-state index contributed by atoms with van der Waals surface area (Å²) < 4.78 is 30.0. The lowest BCUT2D eigenvalue weighted by atomic mass is 10.3. The van der Waals surface area contributed by atoms with Gasteiger partial charge in [-0.1, -0.05) is 69.6 Å². The number of rotatable bonds is 6.